The summed E-state index contributed by atoms with van der Waals surface area (Å²) in [5.74, 6) is -0.979. The normalized spacial score (nSPS) is 10.0. The average Bonchev–Trinajstić information content (AvgIpc) is 2.04. The van der Waals surface area contributed by atoms with Gasteiger partial charge < -0.3 is 5.11 Å². The van der Waals surface area contributed by atoms with Crippen LogP contribution >= 0.6 is 16.3 Å². The Balaban J connectivity index is 0. The predicted molar refractivity (Wildman–Crippen MR) is 48.8 cm³/mol. The zero-order chi connectivity index (χ0) is 9.98. The van der Waals surface area contributed by atoms with Crippen molar-refractivity contribution in [1.82, 2.24) is 0 Å². The van der Waals surface area contributed by atoms with Crippen molar-refractivity contribution in [3.05, 3.63) is 0 Å². The molecule has 4 nitrogen and oxygen atoms in total. The summed E-state index contributed by atoms with van der Waals surface area (Å²) >= 11 is 0. The number of aliphatic carboxylic acids is 1. The molecule has 0 fully saturated rings. The topological polar surface area (TPSA) is 71.4 Å². The molecule has 0 saturated carbocycles. The molecule has 6 heteroatoms. The molecule has 0 aromatic heterocycles. The van der Waals surface area contributed by atoms with E-state index in [0.29, 0.717) is 6.16 Å². The van der Waals surface area contributed by atoms with Gasteiger partial charge in [0.1, 0.15) is 6.16 Å². The van der Waals surface area contributed by atoms with Gasteiger partial charge in [-0.15, -0.1) is 0 Å². The maximum Gasteiger partial charge on any atom is 0.352 e. The van der Waals surface area contributed by atoms with E-state index in [1.165, 1.54) is 0 Å². The van der Waals surface area contributed by atoms with Crippen LogP contribution < -0.4 is 0 Å². The van der Waals surface area contributed by atoms with Crippen LogP contribution in [0.25, 0.3) is 0 Å². The predicted octanol–water partition coefficient (Wildman–Crippen LogP) is 2.22. The maximum absolute atomic E-state index is 10.4. The monoisotopic (exact) mass is 211 g/mol. The number of hydrogen-bond acceptors (Lipinski definition) is 3. The lowest BCUT2D eigenvalue weighted by Gasteiger charge is -1.75. The highest BCUT2D eigenvalue weighted by Crippen LogP contribution is 2.17. The van der Waals surface area contributed by atoms with Gasteiger partial charge in [0, 0.05) is 6.16 Å². The zero-order valence-corrected chi connectivity index (χ0v) is 8.98. The summed E-state index contributed by atoms with van der Waals surface area (Å²) in [7, 11) is -1.22. The molecule has 1 N–H and O–H groups in total. The molecule has 0 amide bonds. The lowest BCUT2D eigenvalue weighted by molar-refractivity contribution is -0.134. The van der Waals surface area contributed by atoms with E-state index in [0.717, 1.165) is 6.16 Å². The first-order valence-electron chi connectivity index (χ1n) is 3.51. The van der Waals surface area contributed by atoms with Gasteiger partial charge in [-0.2, -0.15) is 0 Å². The maximum atomic E-state index is 10.4. The molecule has 1 atom stereocenters. The molecule has 0 bridgehead atoms. The summed E-state index contributed by atoms with van der Waals surface area (Å²) in [6, 6.07) is 0. The van der Waals surface area contributed by atoms with Crippen LogP contribution in [0.3, 0.4) is 0 Å². The van der Waals surface area contributed by atoms with Crippen molar-refractivity contribution < 1.29 is 19.0 Å². The Labute approximate surface area is 74.4 Å². The first-order valence-corrected chi connectivity index (χ1v) is 6.14. The van der Waals surface area contributed by atoms with Gasteiger partial charge in [0.05, 0.1) is 0 Å². The molecule has 70 valence electrons. The standard InChI is InChI=1S/C4H7O3P.C2H5OP/c1-2-8(7)3-4(5)6;1-2-4-3/h2-3H2,1H3;2H2,1H3/p+1. The second-order valence-electron chi connectivity index (χ2n) is 1.80. The molecule has 1 unspecified atom stereocenters. The van der Waals surface area contributed by atoms with Gasteiger partial charge in [-0.25, -0.2) is 4.79 Å². The summed E-state index contributed by atoms with van der Waals surface area (Å²) in [5.41, 5.74) is 0. The van der Waals surface area contributed by atoms with Gasteiger partial charge in [0.2, 0.25) is 6.16 Å². The second-order valence-corrected chi connectivity index (χ2v) is 4.60. The second kappa shape index (κ2) is 10.7. The summed E-state index contributed by atoms with van der Waals surface area (Å²) in [6.45, 7) is 3.57. The van der Waals surface area contributed by atoms with Crippen LogP contribution in [-0.4, -0.2) is 29.6 Å². The van der Waals surface area contributed by atoms with Crippen LogP contribution in [0.1, 0.15) is 13.8 Å². The summed E-state index contributed by atoms with van der Waals surface area (Å²) in [4.78, 5) is 9.78. The fourth-order valence-electron chi connectivity index (χ4n) is 0.263. The van der Waals surface area contributed by atoms with Gasteiger partial charge in [0.25, 0.3) is 0 Å². The third-order valence-corrected chi connectivity index (χ3v) is 2.38. The van der Waals surface area contributed by atoms with Crippen molar-refractivity contribution in [1.29, 1.82) is 0 Å². The van der Waals surface area contributed by atoms with Crippen LogP contribution in [0.15, 0.2) is 0 Å². The van der Waals surface area contributed by atoms with Crippen molar-refractivity contribution in [2.75, 3.05) is 18.5 Å². The number of carboxylic acids is 1. The van der Waals surface area contributed by atoms with E-state index in [2.05, 4.69) is 0 Å². The number of rotatable bonds is 4. The van der Waals surface area contributed by atoms with Gasteiger partial charge in [-0.05, 0) is 6.92 Å². The largest absolute Gasteiger partial charge is 0.478 e. The zero-order valence-electron chi connectivity index (χ0n) is 7.19. The first-order chi connectivity index (χ1) is 5.58. The van der Waals surface area contributed by atoms with E-state index in [1.807, 2.05) is 6.92 Å². The molecular formula is C6H13O4P2+. The van der Waals surface area contributed by atoms with Crippen LogP contribution in [0.5, 0.6) is 0 Å². The third kappa shape index (κ3) is 16.3. The Kier molecular flexibility index (Phi) is 12.6. The minimum Gasteiger partial charge on any atom is -0.478 e. The van der Waals surface area contributed by atoms with Crippen molar-refractivity contribution in [3.63, 3.8) is 0 Å². The smallest absolute Gasteiger partial charge is 0.352 e. The first kappa shape index (κ1) is 14.2. The van der Waals surface area contributed by atoms with E-state index in [-0.39, 0.29) is 14.6 Å². The molecule has 0 rings (SSSR count). The number of carboxylic acid groups (broad SMARTS) is 1. The summed E-state index contributed by atoms with van der Waals surface area (Å²) < 4.78 is 19.7. The highest BCUT2D eigenvalue weighted by molar-refractivity contribution is 7.45. The van der Waals surface area contributed by atoms with Crippen LogP contribution in [-0.2, 0) is 13.9 Å². The molecule has 0 spiro atoms. The molecule has 12 heavy (non-hydrogen) atoms. The summed E-state index contributed by atoms with van der Waals surface area (Å²) in [5, 5.41) is 8.03. The number of hydrogen-bond donors (Lipinski definition) is 1. The van der Waals surface area contributed by atoms with E-state index >= 15 is 0 Å². The Morgan fingerprint density at radius 3 is 2.00 bits per heavy atom. The number of carbonyl (C=O) groups is 1. The molecular weight excluding hydrogens is 198 g/mol. The Hall–Kier alpha value is -0.330. The van der Waals surface area contributed by atoms with Gasteiger partial charge >= 0.3 is 13.8 Å². The average molecular weight is 211 g/mol. The van der Waals surface area contributed by atoms with Crippen molar-refractivity contribution in [2.45, 2.75) is 13.8 Å². The van der Waals surface area contributed by atoms with Gasteiger partial charge in [-0.3, -0.25) is 4.57 Å². The fraction of sp³-hybridized carbons (Fsp3) is 0.833. The van der Waals surface area contributed by atoms with E-state index in [4.69, 9.17) is 5.11 Å². The fourth-order valence-corrected chi connectivity index (χ4v) is 0.788. The van der Waals surface area contributed by atoms with Crippen molar-refractivity contribution in [2.24, 2.45) is 0 Å². The highest BCUT2D eigenvalue weighted by atomic mass is 31.1. The SMILES string of the molecule is CCP=O.CC[P+](=O)CC(=O)O. The van der Waals surface area contributed by atoms with Gasteiger partial charge in [0.15, 0.2) is 8.46 Å². The van der Waals surface area contributed by atoms with E-state index < -0.39 is 13.8 Å². The molecule has 0 aromatic rings. The Morgan fingerprint density at radius 1 is 1.50 bits per heavy atom. The van der Waals surface area contributed by atoms with E-state index in [1.54, 1.807) is 6.92 Å². The molecule has 0 heterocycles. The quantitative estimate of drug-likeness (QED) is 0.723. The van der Waals surface area contributed by atoms with Gasteiger partial charge in [-0.1, -0.05) is 11.5 Å². The van der Waals surface area contributed by atoms with Crippen molar-refractivity contribution >= 4 is 22.2 Å². The minimum absolute atomic E-state index is 0.189. The third-order valence-electron chi connectivity index (χ3n) is 0.793. The van der Waals surface area contributed by atoms with Crippen LogP contribution in [0, 0.1) is 0 Å². The van der Waals surface area contributed by atoms with Crippen LogP contribution in [0.4, 0.5) is 0 Å². The molecule has 0 aliphatic carbocycles. The molecule has 0 radical (unpaired) electrons. The van der Waals surface area contributed by atoms with E-state index in [9.17, 15) is 13.9 Å². The molecule has 0 aliphatic rings. The lowest BCUT2D eigenvalue weighted by atomic mass is 10.8. The highest BCUT2D eigenvalue weighted by Gasteiger charge is 2.15. The Morgan fingerprint density at radius 2 is 1.92 bits per heavy atom. The Bertz CT molecular complexity index is 158. The molecule has 0 aliphatic heterocycles. The summed E-state index contributed by atoms with van der Waals surface area (Å²) in [6.07, 6.45) is 1.01. The molecule has 0 aromatic carbocycles. The molecule has 0 saturated heterocycles. The van der Waals surface area contributed by atoms with Crippen molar-refractivity contribution in [3.8, 4) is 0 Å². The lowest BCUT2D eigenvalue weighted by Crippen LogP contribution is -1.97. The van der Waals surface area contributed by atoms with Crippen LogP contribution in [0.2, 0.25) is 0 Å². The minimum atomic E-state index is -1.47.